The molecule has 0 unspecified atom stereocenters. The van der Waals surface area contributed by atoms with E-state index in [0.717, 1.165) is 0 Å². The molecule has 0 atom stereocenters. The van der Waals surface area contributed by atoms with Crippen LogP contribution in [0.1, 0.15) is 10.4 Å². The average molecular weight is 240 g/mol. The predicted octanol–water partition coefficient (Wildman–Crippen LogP) is 0.222. The molecular formula is C11H16N2O4. The third kappa shape index (κ3) is 4.80. The van der Waals surface area contributed by atoms with Crippen LogP contribution in [-0.4, -0.2) is 44.4 Å². The molecule has 1 aromatic heterocycles. The zero-order chi connectivity index (χ0) is 12.5. The monoisotopic (exact) mass is 240 g/mol. The lowest BCUT2D eigenvalue weighted by Crippen LogP contribution is -2.15. The van der Waals surface area contributed by atoms with Gasteiger partial charge < -0.3 is 19.9 Å². The van der Waals surface area contributed by atoms with Gasteiger partial charge in [0.05, 0.1) is 25.4 Å². The second kappa shape index (κ2) is 7.59. The van der Waals surface area contributed by atoms with Crippen molar-refractivity contribution in [1.29, 1.82) is 0 Å². The molecule has 0 aliphatic rings. The van der Waals surface area contributed by atoms with Crippen LogP contribution >= 0.6 is 0 Å². The smallest absolute Gasteiger partial charge is 0.254 e. The molecule has 6 heteroatoms. The summed E-state index contributed by atoms with van der Waals surface area (Å²) < 4.78 is 15.4. The van der Waals surface area contributed by atoms with Crippen LogP contribution in [0.4, 0.5) is 0 Å². The fourth-order valence-electron chi connectivity index (χ4n) is 1.15. The lowest BCUT2D eigenvalue weighted by Gasteiger charge is -2.09. The van der Waals surface area contributed by atoms with E-state index < -0.39 is 5.91 Å². The highest BCUT2D eigenvalue weighted by Crippen LogP contribution is 2.15. The Bertz CT molecular complexity index is 357. The van der Waals surface area contributed by atoms with Gasteiger partial charge in [-0.15, -0.1) is 0 Å². The van der Waals surface area contributed by atoms with Crippen LogP contribution < -0.4 is 10.5 Å². The van der Waals surface area contributed by atoms with Gasteiger partial charge in [-0.3, -0.25) is 9.78 Å². The lowest BCUT2D eigenvalue weighted by molar-refractivity contribution is 0.0542. The summed E-state index contributed by atoms with van der Waals surface area (Å²) in [4.78, 5) is 14.9. The first-order chi connectivity index (χ1) is 8.25. The maximum absolute atomic E-state index is 11.1. The number of rotatable bonds is 8. The van der Waals surface area contributed by atoms with Crippen LogP contribution in [0, 0.1) is 0 Å². The topological polar surface area (TPSA) is 83.7 Å². The van der Waals surface area contributed by atoms with Crippen molar-refractivity contribution in [3.63, 3.8) is 0 Å². The van der Waals surface area contributed by atoms with Gasteiger partial charge in [-0.05, 0) is 6.07 Å². The number of ether oxygens (including phenoxy) is 3. The number of nitrogens with zero attached hydrogens (tertiary/aromatic N) is 1. The number of hydrogen-bond acceptors (Lipinski definition) is 5. The van der Waals surface area contributed by atoms with Crippen LogP contribution in [0.2, 0.25) is 0 Å². The molecule has 0 aromatic carbocycles. The lowest BCUT2D eigenvalue weighted by atomic mass is 10.2. The van der Waals surface area contributed by atoms with Crippen molar-refractivity contribution in [1.82, 2.24) is 4.98 Å². The first kappa shape index (κ1) is 13.4. The molecule has 0 bridgehead atoms. The number of carbonyl (C=O) groups excluding carboxylic acids is 1. The summed E-state index contributed by atoms with van der Waals surface area (Å²) in [6.45, 7) is 1.82. The first-order valence-electron chi connectivity index (χ1n) is 5.19. The first-order valence-corrected chi connectivity index (χ1v) is 5.19. The standard InChI is InChI=1S/C11H16N2O4/c1-15-4-5-16-6-7-17-10-2-3-13-8-9(10)11(12)14/h2-3,8H,4-7H2,1H3,(H2,12,14). The largest absolute Gasteiger partial charge is 0.490 e. The second-order valence-corrected chi connectivity index (χ2v) is 3.19. The second-order valence-electron chi connectivity index (χ2n) is 3.19. The van der Waals surface area contributed by atoms with Crippen molar-refractivity contribution in [3.05, 3.63) is 24.0 Å². The minimum absolute atomic E-state index is 0.268. The molecule has 0 fully saturated rings. The summed E-state index contributed by atoms with van der Waals surface area (Å²) in [6, 6.07) is 1.59. The van der Waals surface area contributed by atoms with Crippen LogP contribution in [-0.2, 0) is 9.47 Å². The molecule has 1 heterocycles. The van der Waals surface area contributed by atoms with Gasteiger partial charge in [0.25, 0.3) is 5.91 Å². The van der Waals surface area contributed by atoms with Gasteiger partial charge in [0.15, 0.2) is 0 Å². The Balaban J connectivity index is 2.34. The molecule has 0 spiro atoms. The number of methoxy groups -OCH3 is 1. The number of amides is 1. The van der Waals surface area contributed by atoms with Crippen molar-refractivity contribution in [2.45, 2.75) is 0 Å². The number of primary amides is 1. The van der Waals surface area contributed by atoms with E-state index in [4.69, 9.17) is 19.9 Å². The molecule has 6 nitrogen and oxygen atoms in total. The summed E-state index contributed by atoms with van der Waals surface area (Å²) in [5, 5.41) is 0. The van der Waals surface area contributed by atoms with E-state index in [0.29, 0.717) is 32.2 Å². The van der Waals surface area contributed by atoms with Crippen molar-refractivity contribution >= 4 is 5.91 Å². The molecule has 94 valence electrons. The SMILES string of the molecule is COCCOCCOc1ccncc1C(N)=O. The maximum atomic E-state index is 11.1. The quantitative estimate of drug-likeness (QED) is 0.657. The van der Waals surface area contributed by atoms with E-state index in [2.05, 4.69) is 4.98 Å². The van der Waals surface area contributed by atoms with E-state index in [-0.39, 0.29) is 5.56 Å². The van der Waals surface area contributed by atoms with Crippen LogP contribution in [0.3, 0.4) is 0 Å². The minimum Gasteiger partial charge on any atom is -0.490 e. The molecular weight excluding hydrogens is 224 g/mol. The molecule has 1 rings (SSSR count). The van der Waals surface area contributed by atoms with Gasteiger partial charge in [-0.2, -0.15) is 0 Å². The highest BCUT2D eigenvalue weighted by Gasteiger charge is 2.08. The number of carbonyl (C=O) groups is 1. The Hall–Kier alpha value is -1.66. The summed E-state index contributed by atoms with van der Waals surface area (Å²) in [7, 11) is 1.61. The Kier molecular flexibility index (Phi) is 5.98. The van der Waals surface area contributed by atoms with E-state index in [9.17, 15) is 4.79 Å². The zero-order valence-corrected chi connectivity index (χ0v) is 9.72. The zero-order valence-electron chi connectivity index (χ0n) is 9.72. The van der Waals surface area contributed by atoms with Crippen molar-refractivity contribution in [2.75, 3.05) is 33.5 Å². The van der Waals surface area contributed by atoms with Crippen LogP contribution in [0.25, 0.3) is 0 Å². The molecule has 0 saturated heterocycles. The summed E-state index contributed by atoms with van der Waals surface area (Å²) in [6.07, 6.45) is 2.91. The van der Waals surface area contributed by atoms with Crippen LogP contribution in [0.5, 0.6) is 5.75 Å². The van der Waals surface area contributed by atoms with Gasteiger partial charge in [0.2, 0.25) is 0 Å². The molecule has 0 aliphatic carbocycles. The van der Waals surface area contributed by atoms with E-state index in [1.165, 1.54) is 12.4 Å². The van der Waals surface area contributed by atoms with Crippen LogP contribution in [0.15, 0.2) is 18.5 Å². The third-order valence-electron chi connectivity index (χ3n) is 1.96. The van der Waals surface area contributed by atoms with Gasteiger partial charge in [0, 0.05) is 19.5 Å². The Morgan fingerprint density at radius 1 is 1.35 bits per heavy atom. The molecule has 17 heavy (non-hydrogen) atoms. The molecule has 1 amide bonds. The summed E-state index contributed by atoms with van der Waals surface area (Å²) in [5.74, 6) is -0.142. The van der Waals surface area contributed by atoms with Crippen molar-refractivity contribution < 1.29 is 19.0 Å². The summed E-state index contributed by atoms with van der Waals surface area (Å²) in [5.41, 5.74) is 5.45. The number of nitrogens with two attached hydrogens (primary N) is 1. The summed E-state index contributed by atoms with van der Waals surface area (Å²) >= 11 is 0. The molecule has 1 aromatic rings. The molecule has 0 aliphatic heterocycles. The Morgan fingerprint density at radius 2 is 2.12 bits per heavy atom. The normalized spacial score (nSPS) is 10.2. The fourth-order valence-corrected chi connectivity index (χ4v) is 1.15. The Morgan fingerprint density at radius 3 is 2.82 bits per heavy atom. The highest BCUT2D eigenvalue weighted by atomic mass is 16.5. The van der Waals surface area contributed by atoms with Gasteiger partial charge >= 0.3 is 0 Å². The fraction of sp³-hybridized carbons (Fsp3) is 0.455. The third-order valence-corrected chi connectivity index (χ3v) is 1.96. The van der Waals surface area contributed by atoms with Crippen molar-refractivity contribution in [3.8, 4) is 5.75 Å². The molecule has 2 N–H and O–H groups in total. The van der Waals surface area contributed by atoms with Gasteiger partial charge in [0.1, 0.15) is 12.4 Å². The highest BCUT2D eigenvalue weighted by molar-refractivity contribution is 5.95. The number of aromatic nitrogens is 1. The average Bonchev–Trinajstić information content (AvgIpc) is 2.34. The van der Waals surface area contributed by atoms with E-state index >= 15 is 0 Å². The van der Waals surface area contributed by atoms with Gasteiger partial charge in [-0.1, -0.05) is 0 Å². The maximum Gasteiger partial charge on any atom is 0.254 e. The number of pyridine rings is 1. The van der Waals surface area contributed by atoms with Crippen molar-refractivity contribution in [2.24, 2.45) is 5.73 Å². The molecule has 0 saturated carbocycles. The van der Waals surface area contributed by atoms with E-state index in [1.807, 2.05) is 0 Å². The minimum atomic E-state index is -0.562. The predicted molar refractivity (Wildman–Crippen MR) is 60.9 cm³/mol. The number of hydrogen-bond donors (Lipinski definition) is 1. The van der Waals surface area contributed by atoms with E-state index in [1.54, 1.807) is 13.2 Å². The Labute approximate surface area is 99.7 Å². The van der Waals surface area contributed by atoms with Gasteiger partial charge in [-0.25, -0.2) is 0 Å². The molecule has 0 radical (unpaired) electrons.